The summed E-state index contributed by atoms with van der Waals surface area (Å²) in [6, 6.07) is 16.0. The molecule has 0 bridgehead atoms. The zero-order valence-corrected chi connectivity index (χ0v) is 13.3. The first kappa shape index (κ1) is 16.1. The van der Waals surface area contributed by atoms with E-state index in [1.54, 1.807) is 14.2 Å². The second-order valence-electron chi connectivity index (χ2n) is 4.71. The molecule has 22 heavy (non-hydrogen) atoms. The van der Waals surface area contributed by atoms with Crippen molar-refractivity contribution in [2.75, 3.05) is 27.4 Å². The molecule has 0 aliphatic rings. The fraction of sp³-hybridized carbons (Fsp3) is 0.263. The van der Waals surface area contributed by atoms with E-state index in [2.05, 4.69) is 12.1 Å². The van der Waals surface area contributed by atoms with Gasteiger partial charge in [0.05, 0.1) is 20.8 Å². The lowest BCUT2D eigenvalue weighted by Crippen LogP contribution is -1.97. The Morgan fingerprint density at radius 2 is 1.68 bits per heavy atom. The maximum absolute atomic E-state index is 5.49. The third kappa shape index (κ3) is 3.89. The Bertz CT molecular complexity index is 615. The van der Waals surface area contributed by atoms with Crippen LogP contribution in [0.15, 0.2) is 54.6 Å². The lowest BCUT2D eigenvalue weighted by atomic mass is 9.96. The van der Waals surface area contributed by atoms with Crippen LogP contribution in [0.5, 0.6) is 11.5 Å². The molecule has 0 N–H and O–H groups in total. The molecule has 0 aliphatic carbocycles. The van der Waals surface area contributed by atoms with E-state index in [1.807, 2.05) is 49.4 Å². The molecule has 0 aliphatic heterocycles. The van der Waals surface area contributed by atoms with Crippen LogP contribution in [-0.2, 0) is 4.74 Å². The van der Waals surface area contributed by atoms with Gasteiger partial charge in [0.1, 0.15) is 11.5 Å². The molecule has 0 amide bonds. The van der Waals surface area contributed by atoms with Crippen LogP contribution in [0.4, 0.5) is 0 Å². The molecule has 0 aromatic heterocycles. The van der Waals surface area contributed by atoms with Crippen molar-refractivity contribution in [2.24, 2.45) is 0 Å². The van der Waals surface area contributed by atoms with E-state index >= 15 is 0 Å². The molecule has 116 valence electrons. The average molecular weight is 298 g/mol. The molecule has 0 spiro atoms. The molecular weight excluding hydrogens is 276 g/mol. The lowest BCUT2D eigenvalue weighted by molar-refractivity contribution is 0.178. The molecule has 0 fully saturated rings. The van der Waals surface area contributed by atoms with Gasteiger partial charge in [0.2, 0.25) is 0 Å². The summed E-state index contributed by atoms with van der Waals surface area (Å²) in [5.41, 5.74) is 3.24. The number of hydrogen-bond donors (Lipinski definition) is 0. The van der Waals surface area contributed by atoms with Gasteiger partial charge in [-0.2, -0.15) is 0 Å². The van der Waals surface area contributed by atoms with Crippen molar-refractivity contribution < 1.29 is 14.2 Å². The van der Waals surface area contributed by atoms with Gasteiger partial charge in [-0.25, -0.2) is 0 Å². The smallest absolute Gasteiger partial charge is 0.126 e. The Balaban J connectivity index is 2.43. The fourth-order valence-corrected chi connectivity index (χ4v) is 2.28. The predicted octanol–water partition coefficient (Wildman–Crippen LogP) is 4.17. The van der Waals surface area contributed by atoms with Crippen LogP contribution >= 0.6 is 0 Å². The summed E-state index contributed by atoms with van der Waals surface area (Å²) in [6.45, 7) is 3.25. The number of ether oxygens (including phenoxy) is 3. The van der Waals surface area contributed by atoms with Crippen molar-refractivity contribution in [1.82, 2.24) is 0 Å². The van der Waals surface area contributed by atoms with E-state index in [9.17, 15) is 0 Å². The normalized spacial score (nSPS) is 11.3. The third-order valence-corrected chi connectivity index (χ3v) is 3.41. The highest BCUT2D eigenvalue weighted by Crippen LogP contribution is 2.31. The summed E-state index contributed by atoms with van der Waals surface area (Å²) >= 11 is 0. The van der Waals surface area contributed by atoms with Gasteiger partial charge in [-0.05, 0) is 36.3 Å². The van der Waals surface area contributed by atoms with Crippen LogP contribution in [0.2, 0.25) is 0 Å². The van der Waals surface area contributed by atoms with Crippen LogP contribution in [0.1, 0.15) is 18.1 Å². The Morgan fingerprint density at radius 1 is 0.955 bits per heavy atom. The van der Waals surface area contributed by atoms with Crippen molar-refractivity contribution in [3.8, 4) is 11.5 Å². The van der Waals surface area contributed by atoms with Crippen LogP contribution in [-0.4, -0.2) is 27.4 Å². The van der Waals surface area contributed by atoms with Gasteiger partial charge in [0, 0.05) is 12.2 Å². The summed E-state index contributed by atoms with van der Waals surface area (Å²) in [4.78, 5) is 0. The summed E-state index contributed by atoms with van der Waals surface area (Å²) < 4.78 is 16.2. The summed E-state index contributed by atoms with van der Waals surface area (Å²) in [5, 5.41) is 0. The second-order valence-corrected chi connectivity index (χ2v) is 4.71. The van der Waals surface area contributed by atoms with Crippen molar-refractivity contribution in [1.29, 1.82) is 0 Å². The van der Waals surface area contributed by atoms with Crippen LogP contribution in [0, 0.1) is 0 Å². The highest BCUT2D eigenvalue weighted by Gasteiger charge is 2.10. The number of para-hydroxylation sites is 1. The molecule has 0 saturated carbocycles. The molecule has 3 nitrogen and oxygen atoms in total. The largest absolute Gasteiger partial charge is 0.497 e. The molecular formula is C19H22O3. The van der Waals surface area contributed by atoms with E-state index in [0.29, 0.717) is 13.2 Å². The van der Waals surface area contributed by atoms with Gasteiger partial charge in [0.15, 0.2) is 0 Å². The SMILES string of the molecule is CCOC/C=C(/c1ccc(OC)cc1)c1ccccc1OC. The Morgan fingerprint density at radius 3 is 2.32 bits per heavy atom. The quantitative estimate of drug-likeness (QED) is 0.718. The minimum atomic E-state index is 0.565. The highest BCUT2D eigenvalue weighted by molar-refractivity contribution is 5.83. The molecule has 2 rings (SSSR count). The molecule has 0 unspecified atom stereocenters. The van der Waals surface area contributed by atoms with Gasteiger partial charge in [-0.15, -0.1) is 0 Å². The summed E-state index contributed by atoms with van der Waals surface area (Å²) in [6.07, 6.45) is 2.09. The first-order valence-electron chi connectivity index (χ1n) is 7.35. The standard InChI is InChI=1S/C19H22O3/c1-4-22-14-13-17(15-9-11-16(20-2)12-10-15)18-7-5-6-8-19(18)21-3/h5-13H,4,14H2,1-3H3/b17-13-. The zero-order valence-electron chi connectivity index (χ0n) is 13.3. The maximum Gasteiger partial charge on any atom is 0.126 e. The van der Waals surface area contributed by atoms with Crippen molar-refractivity contribution in [3.63, 3.8) is 0 Å². The Kier molecular flexibility index (Phi) is 6.04. The summed E-state index contributed by atoms with van der Waals surface area (Å²) in [7, 11) is 3.36. The first-order valence-corrected chi connectivity index (χ1v) is 7.35. The van der Waals surface area contributed by atoms with Gasteiger partial charge in [-0.1, -0.05) is 36.4 Å². The van der Waals surface area contributed by atoms with E-state index in [1.165, 1.54) is 0 Å². The molecule has 0 atom stereocenters. The minimum absolute atomic E-state index is 0.565. The maximum atomic E-state index is 5.49. The molecule has 0 saturated heterocycles. The lowest BCUT2D eigenvalue weighted by Gasteiger charge is -2.13. The van der Waals surface area contributed by atoms with Crippen LogP contribution in [0.25, 0.3) is 5.57 Å². The van der Waals surface area contributed by atoms with Crippen LogP contribution in [0.3, 0.4) is 0 Å². The Labute approximate surface area is 132 Å². The van der Waals surface area contributed by atoms with Gasteiger partial charge in [-0.3, -0.25) is 0 Å². The van der Waals surface area contributed by atoms with Crippen molar-refractivity contribution >= 4 is 5.57 Å². The number of hydrogen-bond acceptors (Lipinski definition) is 3. The first-order chi connectivity index (χ1) is 10.8. The average Bonchev–Trinajstić information content (AvgIpc) is 2.59. The van der Waals surface area contributed by atoms with E-state index in [-0.39, 0.29) is 0 Å². The van der Waals surface area contributed by atoms with E-state index in [4.69, 9.17) is 14.2 Å². The highest BCUT2D eigenvalue weighted by atomic mass is 16.5. The molecule has 3 heteroatoms. The van der Waals surface area contributed by atoms with Gasteiger partial charge in [0.25, 0.3) is 0 Å². The minimum Gasteiger partial charge on any atom is -0.497 e. The van der Waals surface area contributed by atoms with Crippen molar-refractivity contribution in [3.05, 3.63) is 65.7 Å². The van der Waals surface area contributed by atoms with Crippen molar-refractivity contribution in [2.45, 2.75) is 6.92 Å². The third-order valence-electron chi connectivity index (χ3n) is 3.41. The Hall–Kier alpha value is -2.26. The topological polar surface area (TPSA) is 27.7 Å². The molecule has 0 heterocycles. The number of benzene rings is 2. The van der Waals surface area contributed by atoms with E-state index in [0.717, 1.165) is 28.2 Å². The number of methoxy groups -OCH3 is 2. The summed E-state index contributed by atoms with van der Waals surface area (Å²) in [5.74, 6) is 1.69. The number of rotatable bonds is 7. The van der Waals surface area contributed by atoms with E-state index < -0.39 is 0 Å². The van der Waals surface area contributed by atoms with Gasteiger partial charge < -0.3 is 14.2 Å². The van der Waals surface area contributed by atoms with Gasteiger partial charge >= 0.3 is 0 Å². The fourth-order valence-electron chi connectivity index (χ4n) is 2.28. The van der Waals surface area contributed by atoms with Crippen LogP contribution < -0.4 is 9.47 Å². The molecule has 2 aromatic carbocycles. The molecule has 0 radical (unpaired) electrons. The zero-order chi connectivity index (χ0) is 15.8. The predicted molar refractivity (Wildman–Crippen MR) is 89.6 cm³/mol. The molecule has 2 aromatic rings. The monoisotopic (exact) mass is 298 g/mol. The second kappa shape index (κ2) is 8.25.